The third-order valence-corrected chi connectivity index (χ3v) is 8.43. The molecule has 0 radical (unpaired) electrons. The van der Waals surface area contributed by atoms with Crippen molar-refractivity contribution in [3.63, 3.8) is 0 Å². The molecular formula is C18H23N3O4S2. The summed E-state index contributed by atoms with van der Waals surface area (Å²) in [4.78, 5) is 26.3. The van der Waals surface area contributed by atoms with Crippen molar-refractivity contribution in [3.05, 3.63) is 27.9 Å². The molecule has 1 aliphatic heterocycles. The van der Waals surface area contributed by atoms with Gasteiger partial charge in [-0.25, -0.2) is 8.42 Å². The van der Waals surface area contributed by atoms with Crippen LogP contribution in [0.1, 0.15) is 26.2 Å². The van der Waals surface area contributed by atoms with Crippen molar-refractivity contribution in [3.8, 4) is 0 Å². The van der Waals surface area contributed by atoms with Gasteiger partial charge in [0, 0.05) is 38.6 Å². The minimum Gasteiger partial charge on any atom is -0.340 e. The summed E-state index contributed by atoms with van der Waals surface area (Å²) in [6, 6.07) is 4.87. The van der Waals surface area contributed by atoms with Crippen LogP contribution in [0.15, 0.2) is 27.9 Å². The lowest BCUT2D eigenvalue weighted by molar-refractivity contribution is -0.139. The van der Waals surface area contributed by atoms with Crippen LogP contribution >= 0.6 is 11.3 Å². The van der Waals surface area contributed by atoms with Gasteiger partial charge in [0.1, 0.15) is 0 Å². The lowest BCUT2D eigenvalue weighted by atomic mass is 9.84. The van der Waals surface area contributed by atoms with Crippen LogP contribution in [0.3, 0.4) is 0 Å². The van der Waals surface area contributed by atoms with Gasteiger partial charge < -0.3 is 4.90 Å². The number of nitrogens with zero attached hydrogens (tertiary/aromatic N) is 3. The van der Waals surface area contributed by atoms with Crippen LogP contribution < -0.4 is 4.87 Å². The van der Waals surface area contributed by atoms with Crippen LogP contribution in [0.25, 0.3) is 10.2 Å². The Morgan fingerprint density at radius 3 is 2.48 bits per heavy atom. The molecule has 27 heavy (non-hydrogen) atoms. The highest BCUT2D eigenvalue weighted by molar-refractivity contribution is 7.89. The minimum absolute atomic E-state index is 0.0785. The molecule has 0 spiro atoms. The highest BCUT2D eigenvalue weighted by Crippen LogP contribution is 2.29. The molecule has 2 fully saturated rings. The van der Waals surface area contributed by atoms with E-state index >= 15 is 0 Å². The van der Waals surface area contributed by atoms with Gasteiger partial charge in [-0.05, 0) is 38.0 Å². The van der Waals surface area contributed by atoms with E-state index in [0.717, 1.165) is 36.1 Å². The number of carbonyl (C=O) groups is 1. The molecule has 0 bridgehead atoms. The number of hydrogen-bond acceptors (Lipinski definition) is 5. The average molecular weight is 410 g/mol. The quantitative estimate of drug-likeness (QED) is 0.770. The van der Waals surface area contributed by atoms with Gasteiger partial charge in [-0.3, -0.25) is 14.2 Å². The predicted molar refractivity (Wildman–Crippen MR) is 104 cm³/mol. The maximum absolute atomic E-state index is 13.0. The smallest absolute Gasteiger partial charge is 0.308 e. The second-order valence-electron chi connectivity index (χ2n) is 7.10. The Morgan fingerprint density at radius 2 is 1.89 bits per heavy atom. The number of rotatable bonds is 4. The fourth-order valence-corrected chi connectivity index (χ4v) is 6.24. The van der Waals surface area contributed by atoms with Crippen LogP contribution in [0.4, 0.5) is 0 Å². The van der Waals surface area contributed by atoms with Gasteiger partial charge >= 0.3 is 4.87 Å². The van der Waals surface area contributed by atoms with E-state index < -0.39 is 10.0 Å². The number of hydrogen-bond donors (Lipinski definition) is 0. The summed E-state index contributed by atoms with van der Waals surface area (Å²) in [6.07, 6.45) is 3.02. The van der Waals surface area contributed by atoms with Crippen molar-refractivity contribution in [1.29, 1.82) is 0 Å². The number of sulfonamides is 1. The van der Waals surface area contributed by atoms with Crippen LogP contribution in [-0.2, 0) is 21.4 Å². The number of thiazole rings is 1. The van der Waals surface area contributed by atoms with Crippen molar-refractivity contribution in [1.82, 2.24) is 13.8 Å². The first-order valence-electron chi connectivity index (χ1n) is 9.34. The SMILES string of the molecule is CCn1c(=O)sc2cc(S(=O)(=O)N3CCN(C(=O)C4CCC4)CC3)ccc21. The minimum atomic E-state index is -3.63. The van der Waals surface area contributed by atoms with Crippen LogP contribution in [-0.4, -0.2) is 54.3 Å². The Bertz CT molecular complexity index is 1030. The number of aromatic nitrogens is 1. The van der Waals surface area contributed by atoms with E-state index in [1.165, 1.54) is 4.31 Å². The number of amides is 1. The molecule has 2 aliphatic rings. The molecule has 1 aliphatic carbocycles. The Balaban J connectivity index is 1.52. The summed E-state index contributed by atoms with van der Waals surface area (Å²) in [7, 11) is -3.63. The number of benzene rings is 1. The zero-order valence-electron chi connectivity index (χ0n) is 15.3. The van der Waals surface area contributed by atoms with Crippen LogP contribution in [0, 0.1) is 5.92 Å². The van der Waals surface area contributed by atoms with Gasteiger partial charge in [-0.15, -0.1) is 0 Å². The van der Waals surface area contributed by atoms with Gasteiger partial charge in [-0.2, -0.15) is 4.31 Å². The topological polar surface area (TPSA) is 79.7 Å². The largest absolute Gasteiger partial charge is 0.340 e. The van der Waals surface area contributed by atoms with Crippen molar-refractivity contribution >= 4 is 37.5 Å². The zero-order valence-corrected chi connectivity index (χ0v) is 16.9. The van der Waals surface area contributed by atoms with Gasteiger partial charge in [-0.1, -0.05) is 17.8 Å². The zero-order chi connectivity index (χ0) is 19.2. The van der Waals surface area contributed by atoms with E-state index in [1.807, 2.05) is 6.92 Å². The molecule has 0 unspecified atom stereocenters. The number of carbonyl (C=O) groups excluding carboxylic acids is 1. The lowest BCUT2D eigenvalue weighted by Crippen LogP contribution is -2.52. The van der Waals surface area contributed by atoms with Crippen molar-refractivity contribution in [2.75, 3.05) is 26.2 Å². The summed E-state index contributed by atoms with van der Waals surface area (Å²) < 4.78 is 29.8. The van der Waals surface area contributed by atoms with E-state index in [9.17, 15) is 18.0 Å². The summed E-state index contributed by atoms with van der Waals surface area (Å²) in [6.45, 7) is 3.95. The van der Waals surface area contributed by atoms with E-state index in [4.69, 9.17) is 0 Å². The third kappa shape index (κ3) is 3.21. The van der Waals surface area contributed by atoms with E-state index in [1.54, 1.807) is 27.7 Å². The Labute approximate surface area is 162 Å². The van der Waals surface area contributed by atoms with E-state index in [-0.39, 0.29) is 21.6 Å². The summed E-state index contributed by atoms with van der Waals surface area (Å²) in [5, 5.41) is 0. The second-order valence-corrected chi connectivity index (χ2v) is 10.0. The summed E-state index contributed by atoms with van der Waals surface area (Å²) >= 11 is 1.07. The average Bonchev–Trinajstić information content (AvgIpc) is 2.94. The van der Waals surface area contributed by atoms with Crippen LogP contribution in [0.5, 0.6) is 0 Å². The molecule has 1 aromatic heterocycles. The highest BCUT2D eigenvalue weighted by Gasteiger charge is 2.34. The molecule has 7 nitrogen and oxygen atoms in total. The standard InChI is InChI=1S/C18H23N3O4S2/c1-2-21-15-7-6-14(12-16(15)26-18(21)23)27(24,25)20-10-8-19(9-11-20)17(22)13-4-3-5-13/h6-7,12-13H,2-5,8-11H2,1H3. The van der Waals surface area contributed by atoms with Crippen molar-refractivity contribution in [2.24, 2.45) is 5.92 Å². The van der Waals surface area contributed by atoms with Crippen molar-refractivity contribution in [2.45, 2.75) is 37.6 Å². The molecule has 4 rings (SSSR count). The highest BCUT2D eigenvalue weighted by atomic mass is 32.2. The van der Waals surface area contributed by atoms with Gasteiger partial charge in [0.2, 0.25) is 15.9 Å². The fourth-order valence-electron chi connectivity index (χ4n) is 3.72. The monoisotopic (exact) mass is 409 g/mol. The first-order chi connectivity index (χ1) is 12.9. The molecule has 2 heterocycles. The van der Waals surface area contributed by atoms with E-state index in [2.05, 4.69) is 0 Å². The fraction of sp³-hybridized carbons (Fsp3) is 0.556. The Hall–Kier alpha value is -1.71. The Kier molecular flexibility index (Phi) is 4.85. The molecule has 1 aromatic carbocycles. The molecule has 1 saturated carbocycles. The first kappa shape index (κ1) is 18.6. The first-order valence-corrected chi connectivity index (χ1v) is 11.6. The molecule has 146 valence electrons. The summed E-state index contributed by atoms with van der Waals surface area (Å²) in [5.74, 6) is 0.311. The van der Waals surface area contributed by atoms with Gasteiger partial charge in [0.05, 0.1) is 15.1 Å². The molecule has 1 amide bonds. The molecule has 2 aromatic rings. The third-order valence-electron chi connectivity index (χ3n) is 5.60. The maximum atomic E-state index is 13.0. The van der Waals surface area contributed by atoms with Crippen molar-refractivity contribution < 1.29 is 13.2 Å². The maximum Gasteiger partial charge on any atom is 0.308 e. The number of fused-ring (bicyclic) bond motifs is 1. The Morgan fingerprint density at radius 1 is 1.19 bits per heavy atom. The lowest BCUT2D eigenvalue weighted by Gasteiger charge is -2.37. The normalized spacial score (nSPS) is 19.4. The molecule has 0 atom stereocenters. The molecule has 1 saturated heterocycles. The van der Waals surface area contributed by atoms with Crippen LogP contribution in [0.2, 0.25) is 0 Å². The molecular weight excluding hydrogens is 386 g/mol. The number of piperazine rings is 1. The predicted octanol–water partition coefficient (Wildman–Crippen LogP) is 1.72. The second kappa shape index (κ2) is 7.03. The van der Waals surface area contributed by atoms with Gasteiger partial charge in [0.15, 0.2) is 0 Å². The molecule has 0 N–H and O–H groups in total. The molecule has 9 heteroatoms. The van der Waals surface area contributed by atoms with E-state index in [0.29, 0.717) is 37.4 Å². The number of aryl methyl sites for hydroxylation is 1. The van der Waals surface area contributed by atoms with Gasteiger partial charge in [0.25, 0.3) is 0 Å². The summed E-state index contributed by atoms with van der Waals surface area (Å²) in [5.41, 5.74) is 0.766.